The topological polar surface area (TPSA) is 107 Å². The maximum Gasteiger partial charge on any atom is 0.295 e. The van der Waals surface area contributed by atoms with Crippen molar-refractivity contribution >= 4 is 29.1 Å². The average molecular weight is 418 g/mol. The van der Waals surface area contributed by atoms with Gasteiger partial charge < -0.3 is 25.0 Å². The number of phenols is 1. The molecule has 0 saturated carbocycles. The van der Waals surface area contributed by atoms with Crippen LogP contribution >= 0.6 is 11.6 Å². The Labute approximate surface area is 172 Å². The number of aliphatic hydroxyl groups excluding tert-OH is 2. The van der Waals surface area contributed by atoms with E-state index in [1.807, 2.05) is 0 Å². The van der Waals surface area contributed by atoms with Gasteiger partial charge in [-0.2, -0.15) is 0 Å². The number of aromatic hydroxyl groups is 1. The lowest BCUT2D eigenvalue weighted by molar-refractivity contribution is -0.140. The molecule has 1 heterocycles. The molecule has 1 aliphatic rings. The van der Waals surface area contributed by atoms with Crippen LogP contribution < -0.4 is 0 Å². The van der Waals surface area contributed by atoms with Crippen molar-refractivity contribution in [3.63, 3.8) is 0 Å². The van der Waals surface area contributed by atoms with E-state index in [0.29, 0.717) is 16.1 Å². The molecule has 0 spiro atoms. The molecule has 2 aromatic rings. The Kier molecular flexibility index (Phi) is 6.53. The Balaban J connectivity index is 2.05. The van der Waals surface area contributed by atoms with Crippen molar-refractivity contribution in [2.45, 2.75) is 6.04 Å². The van der Waals surface area contributed by atoms with Gasteiger partial charge in [0.1, 0.15) is 11.5 Å². The van der Waals surface area contributed by atoms with Crippen molar-refractivity contribution in [3.8, 4) is 5.75 Å². The predicted octanol–water partition coefficient (Wildman–Crippen LogP) is 2.48. The number of ether oxygens (including phenoxy) is 1. The summed E-state index contributed by atoms with van der Waals surface area (Å²) in [4.78, 5) is 26.8. The molecule has 0 bridgehead atoms. The summed E-state index contributed by atoms with van der Waals surface area (Å²) < 4.78 is 5.24. The summed E-state index contributed by atoms with van der Waals surface area (Å²) in [6.07, 6.45) is 0. The molecule has 3 N–H and O–H groups in total. The van der Waals surface area contributed by atoms with E-state index < -0.39 is 17.7 Å². The van der Waals surface area contributed by atoms with Crippen molar-refractivity contribution in [1.29, 1.82) is 0 Å². The fourth-order valence-corrected chi connectivity index (χ4v) is 3.33. The molecule has 1 aliphatic heterocycles. The number of aliphatic hydroxyl groups is 2. The Bertz CT molecular complexity index is 923. The van der Waals surface area contributed by atoms with Crippen molar-refractivity contribution < 1.29 is 29.6 Å². The van der Waals surface area contributed by atoms with Crippen LogP contribution in [0.1, 0.15) is 17.2 Å². The third-order valence-corrected chi connectivity index (χ3v) is 4.83. The maximum absolute atomic E-state index is 12.8. The van der Waals surface area contributed by atoms with Gasteiger partial charge in [0.2, 0.25) is 0 Å². The minimum atomic E-state index is -0.844. The fraction of sp³-hybridized carbons (Fsp3) is 0.238. The van der Waals surface area contributed by atoms with E-state index in [2.05, 4.69) is 0 Å². The number of rotatable bonds is 7. The number of hydrogen-bond donors (Lipinski definition) is 3. The molecule has 2 aromatic carbocycles. The second kappa shape index (κ2) is 9.09. The van der Waals surface area contributed by atoms with Gasteiger partial charge in [-0.1, -0.05) is 23.7 Å². The highest BCUT2D eigenvalue weighted by molar-refractivity contribution is 6.46. The number of phenolic OH excluding ortho intramolecular Hbond substituents is 1. The summed E-state index contributed by atoms with van der Waals surface area (Å²) in [6, 6.07) is 11.5. The minimum absolute atomic E-state index is 0.0367. The Morgan fingerprint density at radius 1 is 1.03 bits per heavy atom. The van der Waals surface area contributed by atoms with Crippen LogP contribution in [0.15, 0.2) is 54.1 Å². The number of carbonyl (C=O) groups excluding carboxylic acids is 2. The number of benzene rings is 2. The van der Waals surface area contributed by atoms with Gasteiger partial charge in [0.15, 0.2) is 0 Å². The Morgan fingerprint density at radius 3 is 2.31 bits per heavy atom. The summed E-state index contributed by atoms with van der Waals surface area (Å²) in [7, 11) is 0. The summed E-state index contributed by atoms with van der Waals surface area (Å²) in [6.45, 7) is 0.159. The van der Waals surface area contributed by atoms with Gasteiger partial charge in [-0.3, -0.25) is 9.59 Å². The second-order valence-electron chi connectivity index (χ2n) is 6.43. The van der Waals surface area contributed by atoms with Crippen LogP contribution in [0.25, 0.3) is 5.76 Å². The molecule has 1 unspecified atom stereocenters. The smallest absolute Gasteiger partial charge is 0.295 e. The van der Waals surface area contributed by atoms with Crippen LogP contribution in [0.3, 0.4) is 0 Å². The van der Waals surface area contributed by atoms with E-state index in [4.69, 9.17) is 21.4 Å². The van der Waals surface area contributed by atoms with Crippen molar-refractivity contribution in [2.75, 3.05) is 26.4 Å². The van der Waals surface area contributed by atoms with Gasteiger partial charge in [-0.25, -0.2) is 0 Å². The van der Waals surface area contributed by atoms with Crippen LogP contribution in [0.4, 0.5) is 0 Å². The minimum Gasteiger partial charge on any atom is -0.508 e. The molecule has 8 heteroatoms. The zero-order valence-corrected chi connectivity index (χ0v) is 16.2. The quantitative estimate of drug-likeness (QED) is 0.276. The number of halogens is 1. The van der Waals surface area contributed by atoms with E-state index in [9.17, 15) is 19.8 Å². The largest absolute Gasteiger partial charge is 0.508 e. The van der Waals surface area contributed by atoms with Crippen LogP contribution in [-0.4, -0.2) is 58.3 Å². The molecular formula is C21H20ClNO6. The van der Waals surface area contributed by atoms with Gasteiger partial charge in [0, 0.05) is 17.1 Å². The monoisotopic (exact) mass is 417 g/mol. The van der Waals surface area contributed by atoms with Gasteiger partial charge in [0.05, 0.1) is 31.4 Å². The molecule has 1 fully saturated rings. The Hall–Kier alpha value is -2.87. The molecule has 1 atom stereocenters. The van der Waals surface area contributed by atoms with Gasteiger partial charge in [-0.05, 0) is 42.0 Å². The number of nitrogens with zero attached hydrogens (tertiary/aromatic N) is 1. The molecule has 7 nitrogen and oxygen atoms in total. The zero-order valence-electron chi connectivity index (χ0n) is 15.4. The van der Waals surface area contributed by atoms with Crippen LogP contribution in [0.5, 0.6) is 5.75 Å². The number of hydrogen-bond acceptors (Lipinski definition) is 6. The Morgan fingerprint density at radius 2 is 1.69 bits per heavy atom. The predicted molar refractivity (Wildman–Crippen MR) is 106 cm³/mol. The van der Waals surface area contributed by atoms with Crippen molar-refractivity contribution in [3.05, 3.63) is 70.3 Å². The van der Waals surface area contributed by atoms with Gasteiger partial charge in [-0.15, -0.1) is 0 Å². The lowest BCUT2D eigenvalue weighted by Crippen LogP contribution is -2.33. The molecule has 0 aliphatic carbocycles. The maximum atomic E-state index is 12.8. The summed E-state index contributed by atoms with van der Waals surface area (Å²) in [5.41, 5.74) is 0.859. The summed E-state index contributed by atoms with van der Waals surface area (Å²) >= 11 is 5.89. The van der Waals surface area contributed by atoms with Gasteiger partial charge >= 0.3 is 0 Å². The molecule has 29 heavy (non-hydrogen) atoms. The van der Waals surface area contributed by atoms with Crippen LogP contribution in [0, 0.1) is 0 Å². The molecule has 152 valence electrons. The van der Waals surface area contributed by atoms with Crippen LogP contribution in [-0.2, 0) is 14.3 Å². The fourth-order valence-electron chi connectivity index (χ4n) is 3.21. The summed E-state index contributed by atoms with van der Waals surface area (Å²) in [5.74, 6) is -1.84. The molecule has 0 radical (unpaired) electrons. The van der Waals surface area contributed by atoms with E-state index in [0.717, 1.165) is 0 Å². The highest BCUT2D eigenvalue weighted by Crippen LogP contribution is 2.39. The third-order valence-electron chi connectivity index (χ3n) is 4.58. The van der Waals surface area contributed by atoms with Crippen molar-refractivity contribution in [2.24, 2.45) is 0 Å². The molecule has 1 saturated heterocycles. The van der Waals surface area contributed by atoms with E-state index >= 15 is 0 Å². The normalized spacial score (nSPS) is 18.4. The first kappa shape index (κ1) is 20.9. The number of amides is 1. The molecule has 0 aromatic heterocycles. The molecule has 1 amide bonds. The second-order valence-corrected chi connectivity index (χ2v) is 6.86. The average Bonchev–Trinajstić information content (AvgIpc) is 2.96. The zero-order chi connectivity index (χ0) is 21.0. The number of ketones is 1. The molecular weight excluding hydrogens is 398 g/mol. The standard InChI is InChI=1S/C21H20ClNO6/c22-15-5-1-14(2-6-15)19(26)17-18(13-3-7-16(25)8-4-13)23(21(28)20(17)27)9-11-29-12-10-24/h1-8,18,24-26H,9-12H2. The summed E-state index contributed by atoms with van der Waals surface area (Å²) in [5, 5.41) is 29.7. The van der Waals surface area contributed by atoms with E-state index in [-0.39, 0.29) is 43.4 Å². The lowest BCUT2D eigenvalue weighted by atomic mass is 9.95. The van der Waals surface area contributed by atoms with Crippen molar-refractivity contribution in [1.82, 2.24) is 4.90 Å². The number of likely N-dealkylation sites (tertiary alicyclic amines) is 1. The third kappa shape index (κ3) is 4.42. The number of carbonyl (C=O) groups is 2. The SMILES string of the molecule is O=C1C(=O)N(CCOCCO)C(c2ccc(O)cc2)C1=C(O)c1ccc(Cl)cc1. The van der Waals surface area contributed by atoms with Gasteiger partial charge in [0.25, 0.3) is 11.7 Å². The highest BCUT2D eigenvalue weighted by atomic mass is 35.5. The first-order valence-electron chi connectivity index (χ1n) is 8.96. The lowest BCUT2D eigenvalue weighted by Gasteiger charge is -2.25. The number of Topliss-reactive ketones (excluding diaryl/α,β-unsaturated/α-hetero) is 1. The first-order chi connectivity index (χ1) is 13.9. The molecule has 3 rings (SSSR count). The highest BCUT2D eigenvalue weighted by Gasteiger charge is 2.45. The van der Waals surface area contributed by atoms with E-state index in [1.165, 1.54) is 17.0 Å². The first-order valence-corrected chi connectivity index (χ1v) is 9.33. The van der Waals surface area contributed by atoms with E-state index in [1.54, 1.807) is 36.4 Å². The van der Waals surface area contributed by atoms with Crippen LogP contribution in [0.2, 0.25) is 5.02 Å².